The van der Waals surface area contributed by atoms with E-state index in [1.807, 2.05) is 31.2 Å². The van der Waals surface area contributed by atoms with E-state index in [1.165, 1.54) is 11.8 Å². The van der Waals surface area contributed by atoms with E-state index in [0.29, 0.717) is 18.8 Å². The average Bonchev–Trinajstić information content (AvgIpc) is 2.97. The zero-order valence-electron chi connectivity index (χ0n) is 13.3. The average molecular weight is 335 g/mol. The Bertz CT molecular complexity index is 645. The molecule has 2 rings (SSSR count). The maximum Gasteiger partial charge on any atom is 0.233 e. The SMILES string of the molecule is COc1cccc(SCC(=O)N(CCO)Cc2cnc(C)[nH]2)c1. The van der Waals surface area contributed by atoms with Crippen LogP contribution < -0.4 is 4.74 Å². The summed E-state index contributed by atoms with van der Waals surface area (Å²) in [6.07, 6.45) is 1.71. The number of H-pyrrole nitrogens is 1. The summed E-state index contributed by atoms with van der Waals surface area (Å²) >= 11 is 1.45. The van der Waals surface area contributed by atoms with E-state index in [4.69, 9.17) is 4.74 Å². The van der Waals surface area contributed by atoms with Crippen molar-refractivity contribution in [3.8, 4) is 5.75 Å². The Morgan fingerprint density at radius 1 is 1.48 bits per heavy atom. The van der Waals surface area contributed by atoms with Crippen LogP contribution in [0.15, 0.2) is 35.4 Å². The van der Waals surface area contributed by atoms with Crippen LogP contribution in [-0.4, -0.2) is 51.9 Å². The van der Waals surface area contributed by atoms with E-state index in [1.54, 1.807) is 18.2 Å². The van der Waals surface area contributed by atoms with E-state index < -0.39 is 0 Å². The van der Waals surface area contributed by atoms with Gasteiger partial charge in [0.05, 0.1) is 37.9 Å². The lowest BCUT2D eigenvalue weighted by atomic mass is 10.3. The lowest BCUT2D eigenvalue weighted by molar-refractivity contribution is -0.129. The third-order valence-electron chi connectivity index (χ3n) is 3.24. The van der Waals surface area contributed by atoms with Crippen LogP contribution in [0.1, 0.15) is 11.5 Å². The molecular formula is C16H21N3O3S. The van der Waals surface area contributed by atoms with Crippen LogP contribution in [0, 0.1) is 6.92 Å². The summed E-state index contributed by atoms with van der Waals surface area (Å²) < 4.78 is 5.18. The quantitative estimate of drug-likeness (QED) is 0.720. The number of aryl methyl sites for hydroxylation is 1. The van der Waals surface area contributed by atoms with Gasteiger partial charge in [0.25, 0.3) is 0 Å². The highest BCUT2D eigenvalue weighted by Gasteiger charge is 2.15. The molecule has 0 radical (unpaired) electrons. The third-order valence-corrected chi connectivity index (χ3v) is 4.22. The molecule has 0 bridgehead atoms. The second-order valence-corrected chi connectivity index (χ2v) is 6.05. The number of rotatable bonds is 8. The van der Waals surface area contributed by atoms with Crippen LogP contribution in [0.4, 0.5) is 0 Å². The van der Waals surface area contributed by atoms with Crippen LogP contribution >= 0.6 is 11.8 Å². The molecule has 0 saturated carbocycles. The number of nitrogens with one attached hydrogen (secondary N) is 1. The number of nitrogens with zero attached hydrogens (tertiary/aromatic N) is 2. The summed E-state index contributed by atoms with van der Waals surface area (Å²) in [4.78, 5) is 22.2. The summed E-state index contributed by atoms with van der Waals surface area (Å²) in [5.74, 6) is 1.85. The maximum absolute atomic E-state index is 12.4. The highest BCUT2D eigenvalue weighted by molar-refractivity contribution is 8.00. The number of thioether (sulfide) groups is 1. The summed E-state index contributed by atoms with van der Waals surface area (Å²) in [6, 6.07) is 7.59. The van der Waals surface area contributed by atoms with E-state index >= 15 is 0 Å². The molecule has 1 amide bonds. The number of carbonyl (C=O) groups excluding carboxylic acids is 1. The number of ether oxygens (including phenoxy) is 1. The zero-order valence-corrected chi connectivity index (χ0v) is 14.1. The molecular weight excluding hydrogens is 314 g/mol. The molecule has 0 unspecified atom stereocenters. The first-order valence-electron chi connectivity index (χ1n) is 7.28. The van der Waals surface area contributed by atoms with Crippen LogP contribution in [0.3, 0.4) is 0 Å². The van der Waals surface area contributed by atoms with Gasteiger partial charge in [0.1, 0.15) is 11.6 Å². The van der Waals surface area contributed by atoms with Crippen LogP contribution in [0.2, 0.25) is 0 Å². The molecule has 7 heteroatoms. The van der Waals surface area contributed by atoms with Crippen molar-refractivity contribution in [2.45, 2.75) is 18.4 Å². The lowest BCUT2D eigenvalue weighted by Crippen LogP contribution is -2.34. The molecule has 6 nitrogen and oxygen atoms in total. The van der Waals surface area contributed by atoms with E-state index in [9.17, 15) is 9.90 Å². The second kappa shape index (κ2) is 8.59. The van der Waals surface area contributed by atoms with E-state index in [-0.39, 0.29) is 12.5 Å². The number of benzene rings is 1. The van der Waals surface area contributed by atoms with Crippen molar-refractivity contribution < 1.29 is 14.6 Å². The van der Waals surface area contributed by atoms with Crippen molar-refractivity contribution in [3.05, 3.63) is 42.0 Å². The Kier molecular flexibility index (Phi) is 6.49. The number of aliphatic hydroxyl groups excluding tert-OH is 1. The number of hydrogen-bond acceptors (Lipinski definition) is 5. The van der Waals surface area contributed by atoms with Gasteiger partial charge in [-0.15, -0.1) is 11.8 Å². The molecule has 0 aliphatic heterocycles. The van der Waals surface area contributed by atoms with Gasteiger partial charge in [-0.25, -0.2) is 4.98 Å². The Morgan fingerprint density at radius 2 is 2.30 bits per heavy atom. The molecule has 1 aromatic heterocycles. The van der Waals surface area contributed by atoms with Gasteiger partial charge in [0.15, 0.2) is 0 Å². The maximum atomic E-state index is 12.4. The van der Waals surface area contributed by atoms with Crippen molar-refractivity contribution in [2.24, 2.45) is 0 Å². The number of amides is 1. The van der Waals surface area contributed by atoms with Crippen molar-refractivity contribution in [2.75, 3.05) is 26.0 Å². The standard InChI is InChI=1S/C16H21N3O3S/c1-12-17-9-13(18-12)10-19(6-7-20)16(21)11-23-15-5-3-4-14(8-15)22-2/h3-5,8-9,20H,6-7,10-11H2,1-2H3,(H,17,18). The van der Waals surface area contributed by atoms with Crippen LogP contribution in [0.5, 0.6) is 5.75 Å². The topological polar surface area (TPSA) is 78.4 Å². The summed E-state index contributed by atoms with van der Waals surface area (Å²) in [7, 11) is 1.62. The van der Waals surface area contributed by atoms with Gasteiger partial charge in [0.2, 0.25) is 5.91 Å². The van der Waals surface area contributed by atoms with E-state index in [2.05, 4.69) is 9.97 Å². The Hall–Kier alpha value is -1.99. The van der Waals surface area contributed by atoms with Gasteiger partial charge in [0, 0.05) is 11.4 Å². The van der Waals surface area contributed by atoms with Gasteiger partial charge in [-0.05, 0) is 25.1 Å². The minimum atomic E-state index is -0.0668. The Morgan fingerprint density at radius 3 is 2.96 bits per heavy atom. The van der Waals surface area contributed by atoms with Gasteiger partial charge >= 0.3 is 0 Å². The fourth-order valence-electron chi connectivity index (χ4n) is 2.10. The monoisotopic (exact) mass is 335 g/mol. The lowest BCUT2D eigenvalue weighted by Gasteiger charge is -2.21. The largest absolute Gasteiger partial charge is 0.497 e. The molecule has 1 aromatic carbocycles. The number of carbonyl (C=O) groups is 1. The predicted octanol–water partition coefficient (Wildman–Crippen LogP) is 1.84. The first-order chi connectivity index (χ1) is 11.1. The Balaban J connectivity index is 1.94. The number of aliphatic hydroxyl groups is 1. The van der Waals surface area contributed by atoms with Crippen LogP contribution in [0.25, 0.3) is 0 Å². The minimum Gasteiger partial charge on any atom is -0.497 e. The predicted molar refractivity (Wildman–Crippen MR) is 89.5 cm³/mol. The molecule has 0 aliphatic rings. The second-order valence-electron chi connectivity index (χ2n) is 5.00. The van der Waals surface area contributed by atoms with E-state index in [0.717, 1.165) is 22.2 Å². The fraction of sp³-hybridized carbons (Fsp3) is 0.375. The third kappa shape index (κ3) is 5.30. The smallest absolute Gasteiger partial charge is 0.233 e. The summed E-state index contributed by atoms with van der Waals surface area (Å²) in [6.45, 7) is 2.51. The number of methoxy groups -OCH3 is 1. The number of aromatic nitrogens is 2. The van der Waals surface area contributed by atoms with Crippen molar-refractivity contribution in [3.63, 3.8) is 0 Å². The zero-order chi connectivity index (χ0) is 16.7. The van der Waals surface area contributed by atoms with Gasteiger partial charge in [-0.3, -0.25) is 4.79 Å². The minimum absolute atomic E-state index is 0.0286. The van der Waals surface area contributed by atoms with Crippen molar-refractivity contribution in [1.29, 1.82) is 0 Å². The molecule has 0 atom stereocenters. The molecule has 0 spiro atoms. The van der Waals surface area contributed by atoms with Crippen molar-refractivity contribution in [1.82, 2.24) is 14.9 Å². The Labute approximate surface area is 139 Å². The fourth-order valence-corrected chi connectivity index (χ4v) is 2.94. The molecule has 1 heterocycles. The number of hydrogen-bond donors (Lipinski definition) is 2. The van der Waals surface area contributed by atoms with Crippen molar-refractivity contribution >= 4 is 17.7 Å². The first kappa shape index (κ1) is 17.4. The van der Waals surface area contributed by atoms with Crippen LogP contribution in [-0.2, 0) is 11.3 Å². The van der Waals surface area contributed by atoms with Gasteiger partial charge < -0.3 is 19.7 Å². The normalized spacial score (nSPS) is 10.6. The highest BCUT2D eigenvalue weighted by Crippen LogP contribution is 2.23. The summed E-state index contributed by atoms with van der Waals surface area (Å²) in [5.41, 5.74) is 0.857. The molecule has 0 aliphatic carbocycles. The molecule has 23 heavy (non-hydrogen) atoms. The first-order valence-corrected chi connectivity index (χ1v) is 8.27. The number of imidazole rings is 1. The molecule has 2 aromatic rings. The van der Waals surface area contributed by atoms with Gasteiger partial charge in [-0.2, -0.15) is 0 Å². The summed E-state index contributed by atoms with van der Waals surface area (Å²) in [5, 5.41) is 9.18. The molecule has 0 saturated heterocycles. The molecule has 2 N–H and O–H groups in total. The molecule has 124 valence electrons. The highest BCUT2D eigenvalue weighted by atomic mass is 32.2. The van der Waals surface area contributed by atoms with Gasteiger partial charge in [-0.1, -0.05) is 6.07 Å². The number of aromatic amines is 1. The molecule has 0 fully saturated rings.